The summed E-state index contributed by atoms with van der Waals surface area (Å²) in [4.78, 5) is 11.9. The van der Waals surface area contributed by atoms with Crippen LogP contribution in [0.2, 0.25) is 0 Å². The predicted octanol–water partition coefficient (Wildman–Crippen LogP) is 3.25. The normalized spacial score (nSPS) is 18.1. The molecule has 112 valence electrons. The summed E-state index contributed by atoms with van der Waals surface area (Å²) in [6.07, 6.45) is -0.498. The number of hydrogen-bond acceptors (Lipinski definition) is 3. The van der Waals surface area contributed by atoms with E-state index in [0.717, 1.165) is 6.42 Å². The SMILES string of the molecule is C=C(C)[C@@H](O)[C@](C)(NC(=O)OC(C)(C)C)[C@H](C)CC. The number of aliphatic hydroxyl groups excluding tert-OH is 1. The smallest absolute Gasteiger partial charge is 0.408 e. The maximum absolute atomic E-state index is 11.9. The van der Waals surface area contributed by atoms with E-state index >= 15 is 0 Å². The molecule has 0 radical (unpaired) electrons. The lowest BCUT2D eigenvalue weighted by atomic mass is 9.78. The van der Waals surface area contributed by atoms with Crippen LogP contribution in [0.4, 0.5) is 4.79 Å². The monoisotopic (exact) mass is 271 g/mol. The van der Waals surface area contributed by atoms with Crippen molar-refractivity contribution in [3.05, 3.63) is 12.2 Å². The van der Waals surface area contributed by atoms with Gasteiger partial charge in [0, 0.05) is 0 Å². The Morgan fingerprint density at radius 3 is 2.16 bits per heavy atom. The largest absolute Gasteiger partial charge is 0.444 e. The van der Waals surface area contributed by atoms with Crippen LogP contribution in [0.25, 0.3) is 0 Å². The van der Waals surface area contributed by atoms with Gasteiger partial charge in [-0.1, -0.05) is 26.8 Å². The number of carbonyl (C=O) groups excluding carboxylic acids is 1. The molecule has 1 amide bonds. The van der Waals surface area contributed by atoms with Crippen molar-refractivity contribution >= 4 is 6.09 Å². The Labute approximate surface area is 117 Å². The van der Waals surface area contributed by atoms with E-state index in [1.807, 2.05) is 41.5 Å². The highest BCUT2D eigenvalue weighted by Crippen LogP contribution is 2.28. The van der Waals surface area contributed by atoms with Crippen LogP contribution >= 0.6 is 0 Å². The van der Waals surface area contributed by atoms with Crippen LogP contribution in [0, 0.1) is 5.92 Å². The molecule has 0 aromatic rings. The van der Waals surface area contributed by atoms with Gasteiger partial charge in [-0.05, 0) is 46.1 Å². The second-order valence-electron chi connectivity index (χ2n) is 6.47. The summed E-state index contributed by atoms with van der Waals surface area (Å²) in [7, 11) is 0. The van der Waals surface area contributed by atoms with Gasteiger partial charge in [0.1, 0.15) is 5.60 Å². The van der Waals surface area contributed by atoms with Gasteiger partial charge in [0.25, 0.3) is 0 Å². The summed E-state index contributed by atoms with van der Waals surface area (Å²) < 4.78 is 5.27. The molecule has 0 aliphatic rings. The molecule has 0 saturated heterocycles. The molecule has 0 aliphatic carbocycles. The Balaban J connectivity index is 5.08. The quantitative estimate of drug-likeness (QED) is 0.755. The predicted molar refractivity (Wildman–Crippen MR) is 78.1 cm³/mol. The van der Waals surface area contributed by atoms with E-state index in [4.69, 9.17) is 4.74 Å². The van der Waals surface area contributed by atoms with Gasteiger partial charge < -0.3 is 15.2 Å². The second kappa shape index (κ2) is 6.42. The molecule has 0 bridgehead atoms. The number of carbonyl (C=O) groups is 1. The van der Waals surface area contributed by atoms with Gasteiger partial charge in [0.05, 0.1) is 11.6 Å². The van der Waals surface area contributed by atoms with Crippen LogP contribution in [-0.2, 0) is 4.74 Å². The molecule has 0 aromatic carbocycles. The Hall–Kier alpha value is -1.03. The van der Waals surface area contributed by atoms with Gasteiger partial charge in [-0.2, -0.15) is 0 Å². The molecule has 0 unspecified atom stereocenters. The zero-order valence-electron chi connectivity index (χ0n) is 13.3. The zero-order chi connectivity index (χ0) is 15.4. The molecular formula is C15H29NO3. The van der Waals surface area contributed by atoms with Crippen molar-refractivity contribution in [1.82, 2.24) is 5.32 Å². The van der Waals surface area contributed by atoms with E-state index < -0.39 is 23.3 Å². The molecule has 4 heteroatoms. The minimum Gasteiger partial charge on any atom is -0.444 e. The summed E-state index contributed by atoms with van der Waals surface area (Å²) in [6.45, 7) is 16.8. The molecule has 2 N–H and O–H groups in total. The number of hydrogen-bond donors (Lipinski definition) is 2. The Morgan fingerprint density at radius 1 is 1.37 bits per heavy atom. The van der Waals surface area contributed by atoms with E-state index in [9.17, 15) is 9.90 Å². The summed E-state index contributed by atoms with van der Waals surface area (Å²) in [5.41, 5.74) is -0.726. The zero-order valence-corrected chi connectivity index (χ0v) is 13.3. The van der Waals surface area contributed by atoms with Crippen molar-refractivity contribution in [3.63, 3.8) is 0 Å². The average molecular weight is 271 g/mol. The lowest BCUT2D eigenvalue weighted by Gasteiger charge is -2.40. The molecule has 0 spiro atoms. The van der Waals surface area contributed by atoms with Gasteiger partial charge in [0.2, 0.25) is 0 Å². The maximum atomic E-state index is 11.9. The lowest BCUT2D eigenvalue weighted by Crippen LogP contribution is -2.59. The fraction of sp³-hybridized carbons (Fsp3) is 0.800. The number of amides is 1. The van der Waals surface area contributed by atoms with Crippen molar-refractivity contribution in [2.75, 3.05) is 0 Å². The Bertz CT molecular complexity index is 333. The van der Waals surface area contributed by atoms with Crippen molar-refractivity contribution in [2.24, 2.45) is 5.92 Å². The first kappa shape index (κ1) is 18.0. The maximum Gasteiger partial charge on any atom is 0.408 e. The van der Waals surface area contributed by atoms with Crippen molar-refractivity contribution in [3.8, 4) is 0 Å². The van der Waals surface area contributed by atoms with Crippen molar-refractivity contribution in [1.29, 1.82) is 0 Å². The summed E-state index contributed by atoms with van der Waals surface area (Å²) in [5, 5.41) is 13.1. The molecule has 4 nitrogen and oxygen atoms in total. The van der Waals surface area contributed by atoms with E-state index in [0.29, 0.717) is 5.57 Å². The fourth-order valence-corrected chi connectivity index (χ4v) is 1.92. The van der Waals surface area contributed by atoms with E-state index in [1.54, 1.807) is 6.92 Å². The number of rotatable bonds is 5. The molecule has 0 aliphatic heterocycles. The van der Waals surface area contributed by atoms with Gasteiger partial charge >= 0.3 is 6.09 Å². The average Bonchev–Trinajstić information content (AvgIpc) is 2.23. The minimum absolute atomic E-state index is 0.0896. The Morgan fingerprint density at radius 2 is 1.84 bits per heavy atom. The highest BCUT2D eigenvalue weighted by Gasteiger charge is 2.40. The number of nitrogens with one attached hydrogen (secondary N) is 1. The molecular weight excluding hydrogens is 242 g/mol. The number of alkyl carbamates (subject to hydrolysis) is 1. The van der Waals surface area contributed by atoms with Crippen LogP contribution in [0.5, 0.6) is 0 Å². The summed E-state index contributed by atoms with van der Waals surface area (Å²) in [5.74, 6) is 0.0896. The van der Waals surface area contributed by atoms with Crippen molar-refractivity contribution < 1.29 is 14.6 Å². The van der Waals surface area contributed by atoms with Crippen LogP contribution in [0.1, 0.15) is 54.9 Å². The first-order valence-corrected chi connectivity index (χ1v) is 6.78. The summed E-state index contributed by atoms with van der Waals surface area (Å²) in [6, 6.07) is 0. The Kier molecular flexibility index (Phi) is 6.07. The van der Waals surface area contributed by atoms with Crippen molar-refractivity contribution in [2.45, 2.75) is 72.1 Å². The molecule has 0 heterocycles. The van der Waals surface area contributed by atoms with E-state index in [1.165, 1.54) is 0 Å². The molecule has 0 rings (SSSR count). The highest BCUT2D eigenvalue weighted by atomic mass is 16.6. The third-order valence-corrected chi connectivity index (χ3v) is 3.44. The van der Waals surface area contributed by atoms with Gasteiger partial charge in [-0.3, -0.25) is 0 Å². The fourth-order valence-electron chi connectivity index (χ4n) is 1.92. The van der Waals surface area contributed by atoms with Gasteiger partial charge in [0.15, 0.2) is 0 Å². The lowest BCUT2D eigenvalue weighted by molar-refractivity contribution is 0.0196. The number of ether oxygens (including phenoxy) is 1. The minimum atomic E-state index is -0.810. The van der Waals surface area contributed by atoms with Gasteiger partial charge in [-0.15, -0.1) is 0 Å². The number of aliphatic hydroxyl groups is 1. The molecule has 19 heavy (non-hydrogen) atoms. The van der Waals surface area contributed by atoms with Crippen LogP contribution < -0.4 is 5.32 Å². The summed E-state index contributed by atoms with van der Waals surface area (Å²) >= 11 is 0. The van der Waals surface area contributed by atoms with E-state index in [2.05, 4.69) is 11.9 Å². The van der Waals surface area contributed by atoms with E-state index in [-0.39, 0.29) is 5.92 Å². The van der Waals surface area contributed by atoms with Gasteiger partial charge in [-0.25, -0.2) is 4.79 Å². The standard InChI is InChI=1S/C15H29NO3/c1-9-11(4)15(8,12(17)10(2)3)16-13(18)19-14(5,6)7/h11-12,17H,2,9H2,1,3-8H3,(H,16,18)/t11-,12-,15-/m1/s1. The van der Waals surface area contributed by atoms with Crippen LogP contribution in [-0.4, -0.2) is 28.4 Å². The molecule has 3 atom stereocenters. The highest BCUT2D eigenvalue weighted by molar-refractivity contribution is 5.69. The van der Waals surface area contributed by atoms with Crippen LogP contribution in [0.3, 0.4) is 0 Å². The first-order valence-electron chi connectivity index (χ1n) is 6.78. The first-order chi connectivity index (χ1) is 8.44. The topological polar surface area (TPSA) is 58.6 Å². The second-order valence-corrected chi connectivity index (χ2v) is 6.47. The molecule has 0 saturated carbocycles. The third kappa shape index (κ3) is 5.23. The third-order valence-electron chi connectivity index (χ3n) is 3.44. The van der Waals surface area contributed by atoms with Crippen LogP contribution in [0.15, 0.2) is 12.2 Å². The molecule has 0 fully saturated rings. The molecule has 0 aromatic heterocycles.